The molecule has 2 aromatic carbocycles. The maximum Gasteiger partial charge on any atom is 0.340 e. The lowest BCUT2D eigenvalue weighted by Crippen LogP contribution is -2.13. The van der Waals surface area contributed by atoms with Gasteiger partial charge in [-0.3, -0.25) is 0 Å². The zero-order chi connectivity index (χ0) is 22.2. The number of rotatable bonds is 5. The van der Waals surface area contributed by atoms with Crippen molar-refractivity contribution in [2.24, 2.45) is 0 Å². The first-order valence-electron chi connectivity index (χ1n) is 10.1. The summed E-state index contributed by atoms with van der Waals surface area (Å²) in [5.74, 6) is 0.287. The zero-order valence-electron chi connectivity index (χ0n) is 18.0. The maximum absolute atomic E-state index is 14.6. The second-order valence-corrected chi connectivity index (χ2v) is 8.29. The number of fused-ring (bicyclic) bond motifs is 2. The Balaban J connectivity index is 1.67. The second-order valence-electron chi connectivity index (χ2n) is 8.29. The molecule has 0 saturated heterocycles. The molecular weight excluding hydrogens is 401 g/mol. The standard InChI is InChI=1S/C24H24FNO5/c1-5-28-23(27)16-8-14-9-21-22(31-13-30-21)11-18(14)26-19(16)12-29-20-7-6-15(10-17(20)25)24(2,3)4/h6-11H,5,12-13H2,1-4H3. The topological polar surface area (TPSA) is 66.9 Å². The Morgan fingerprint density at radius 2 is 1.87 bits per heavy atom. The van der Waals surface area contributed by atoms with Crippen molar-refractivity contribution in [1.29, 1.82) is 0 Å². The Bertz CT molecular complexity index is 1150. The fourth-order valence-corrected chi connectivity index (χ4v) is 3.33. The molecule has 1 aliphatic rings. The molecular formula is C24H24FNO5. The molecule has 6 nitrogen and oxygen atoms in total. The largest absolute Gasteiger partial charge is 0.484 e. The van der Waals surface area contributed by atoms with Crippen LogP contribution in [-0.4, -0.2) is 24.4 Å². The van der Waals surface area contributed by atoms with Crippen molar-refractivity contribution in [2.75, 3.05) is 13.4 Å². The predicted molar refractivity (Wildman–Crippen MR) is 113 cm³/mol. The fourth-order valence-electron chi connectivity index (χ4n) is 3.33. The third kappa shape index (κ3) is 4.26. The summed E-state index contributed by atoms with van der Waals surface area (Å²) in [4.78, 5) is 17.1. The molecule has 0 aliphatic carbocycles. The van der Waals surface area contributed by atoms with E-state index in [9.17, 15) is 9.18 Å². The van der Waals surface area contributed by atoms with Crippen molar-refractivity contribution in [1.82, 2.24) is 4.98 Å². The highest BCUT2D eigenvalue weighted by Crippen LogP contribution is 2.36. The summed E-state index contributed by atoms with van der Waals surface area (Å²) in [7, 11) is 0. The Morgan fingerprint density at radius 1 is 1.13 bits per heavy atom. The van der Waals surface area contributed by atoms with Gasteiger partial charge in [-0.1, -0.05) is 26.8 Å². The summed E-state index contributed by atoms with van der Waals surface area (Å²) in [6.07, 6.45) is 0. The Kier molecular flexibility index (Phi) is 5.43. The third-order valence-corrected chi connectivity index (χ3v) is 5.05. The van der Waals surface area contributed by atoms with Gasteiger partial charge in [0.25, 0.3) is 0 Å². The normalized spacial score (nSPS) is 12.8. The summed E-state index contributed by atoms with van der Waals surface area (Å²) in [6.45, 7) is 8.03. The minimum absolute atomic E-state index is 0.0929. The van der Waals surface area contributed by atoms with Crippen LogP contribution in [0.4, 0.5) is 4.39 Å². The molecule has 0 spiro atoms. The lowest BCUT2D eigenvalue weighted by Gasteiger charge is -2.19. The molecule has 162 valence electrons. The number of carbonyl (C=O) groups is 1. The molecule has 7 heteroatoms. The first kappa shape index (κ1) is 20.9. The van der Waals surface area contributed by atoms with Gasteiger partial charge in [0.15, 0.2) is 23.1 Å². The minimum atomic E-state index is -0.517. The van der Waals surface area contributed by atoms with Crippen LogP contribution in [0.25, 0.3) is 10.9 Å². The van der Waals surface area contributed by atoms with Gasteiger partial charge in [0.1, 0.15) is 6.61 Å². The highest BCUT2D eigenvalue weighted by atomic mass is 19.1. The van der Waals surface area contributed by atoms with Crippen molar-refractivity contribution in [3.05, 3.63) is 59.0 Å². The average Bonchev–Trinajstić information content (AvgIpc) is 3.17. The number of carbonyl (C=O) groups excluding carboxylic acids is 1. The number of nitrogens with zero attached hydrogens (tertiary/aromatic N) is 1. The Morgan fingerprint density at radius 3 is 2.55 bits per heavy atom. The lowest BCUT2D eigenvalue weighted by atomic mass is 9.87. The SMILES string of the molecule is CCOC(=O)c1cc2cc3c(cc2nc1COc1ccc(C(C)(C)C)cc1F)OCO3. The molecule has 4 rings (SSSR count). The van der Waals surface area contributed by atoms with Crippen LogP contribution >= 0.6 is 0 Å². The van der Waals surface area contributed by atoms with Crippen LogP contribution in [0.5, 0.6) is 17.2 Å². The predicted octanol–water partition coefficient (Wildman–Crippen LogP) is 5.16. The molecule has 1 aliphatic heterocycles. The van der Waals surface area contributed by atoms with Crippen molar-refractivity contribution >= 4 is 16.9 Å². The minimum Gasteiger partial charge on any atom is -0.484 e. The molecule has 2 heterocycles. The quantitative estimate of drug-likeness (QED) is 0.527. The average molecular weight is 425 g/mol. The molecule has 1 aromatic heterocycles. The van der Waals surface area contributed by atoms with Crippen LogP contribution in [0.2, 0.25) is 0 Å². The first-order valence-corrected chi connectivity index (χ1v) is 10.1. The van der Waals surface area contributed by atoms with E-state index < -0.39 is 11.8 Å². The van der Waals surface area contributed by atoms with E-state index in [0.717, 1.165) is 5.56 Å². The van der Waals surface area contributed by atoms with Crippen LogP contribution in [0.15, 0.2) is 36.4 Å². The Hall–Kier alpha value is -3.35. The third-order valence-electron chi connectivity index (χ3n) is 5.05. The number of pyridine rings is 1. The highest BCUT2D eigenvalue weighted by Gasteiger charge is 2.21. The van der Waals surface area contributed by atoms with E-state index in [-0.39, 0.29) is 36.7 Å². The van der Waals surface area contributed by atoms with Crippen LogP contribution < -0.4 is 14.2 Å². The second kappa shape index (κ2) is 8.06. The number of halogens is 1. The molecule has 0 saturated carbocycles. The number of esters is 1. The van der Waals surface area contributed by atoms with E-state index in [1.54, 1.807) is 31.2 Å². The van der Waals surface area contributed by atoms with Crippen molar-refractivity contribution < 1.29 is 28.1 Å². The van der Waals surface area contributed by atoms with Crippen molar-refractivity contribution in [3.63, 3.8) is 0 Å². The maximum atomic E-state index is 14.6. The van der Waals surface area contributed by atoms with E-state index in [1.807, 2.05) is 26.8 Å². The van der Waals surface area contributed by atoms with Crippen LogP contribution in [0.1, 0.15) is 49.3 Å². The van der Waals surface area contributed by atoms with E-state index in [2.05, 4.69) is 4.98 Å². The van der Waals surface area contributed by atoms with Crippen molar-refractivity contribution in [3.8, 4) is 17.2 Å². The first-order chi connectivity index (χ1) is 14.8. The molecule has 3 aromatic rings. The summed E-state index contributed by atoms with van der Waals surface area (Å²) in [5, 5.41) is 0.705. The van der Waals surface area contributed by atoms with Crippen molar-refractivity contribution in [2.45, 2.75) is 39.7 Å². The van der Waals surface area contributed by atoms with E-state index >= 15 is 0 Å². The molecule has 0 radical (unpaired) electrons. The number of benzene rings is 2. The van der Waals surface area contributed by atoms with Gasteiger partial charge in [0.05, 0.1) is 23.4 Å². The smallest absolute Gasteiger partial charge is 0.340 e. The monoisotopic (exact) mass is 425 g/mol. The molecule has 0 bridgehead atoms. The van der Waals surface area contributed by atoms with Gasteiger partial charge in [0, 0.05) is 11.5 Å². The molecule has 0 N–H and O–H groups in total. The van der Waals surface area contributed by atoms with Gasteiger partial charge in [-0.15, -0.1) is 0 Å². The summed E-state index contributed by atoms with van der Waals surface area (Å²) in [5.41, 5.74) is 1.91. The van der Waals surface area contributed by atoms with Gasteiger partial charge in [-0.05, 0) is 42.2 Å². The summed E-state index contributed by atoms with van der Waals surface area (Å²) < 4.78 is 36.3. The lowest BCUT2D eigenvalue weighted by molar-refractivity contribution is 0.0522. The van der Waals surface area contributed by atoms with Crippen LogP contribution in [0, 0.1) is 5.82 Å². The number of hydrogen-bond acceptors (Lipinski definition) is 6. The van der Waals surface area contributed by atoms with Gasteiger partial charge in [-0.2, -0.15) is 0 Å². The van der Waals surface area contributed by atoms with E-state index in [1.165, 1.54) is 6.07 Å². The van der Waals surface area contributed by atoms with Crippen LogP contribution in [-0.2, 0) is 16.8 Å². The van der Waals surface area contributed by atoms with E-state index in [0.29, 0.717) is 28.1 Å². The molecule has 31 heavy (non-hydrogen) atoms. The van der Waals surface area contributed by atoms with Gasteiger partial charge in [0.2, 0.25) is 6.79 Å². The number of hydrogen-bond donors (Lipinski definition) is 0. The van der Waals surface area contributed by atoms with Crippen LogP contribution in [0.3, 0.4) is 0 Å². The fraction of sp³-hybridized carbons (Fsp3) is 0.333. The van der Waals surface area contributed by atoms with Gasteiger partial charge in [-0.25, -0.2) is 14.2 Å². The van der Waals surface area contributed by atoms with Gasteiger partial charge < -0.3 is 18.9 Å². The molecule has 0 atom stereocenters. The molecule has 0 amide bonds. The summed E-state index contributed by atoms with van der Waals surface area (Å²) in [6, 6.07) is 10.1. The number of ether oxygens (including phenoxy) is 4. The summed E-state index contributed by atoms with van der Waals surface area (Å²) >= 11 is 0. The molecule has 0 fully saturated rings. The van der Waals surface area contributed by atoms with E-state index in [4.69, 9.17) is 18.9 Å². The van der Waals surface area contributed by atoms with Gasteiger partial charge >= 0.3 is 5.97 Å². The highest BCUT2D eigenvalue weighted by molar-refractivity contribution is 5.96. The molecule has 0 unspecified atom stereocenters. The zero-order valence-corrected chi connectivity index (χ0v) is 18.0. The Labute approximate surface area is 179 Å². The number of aromatic nitrogens is 1.